The van der Waals surface area contributed by atoms with Gasteiger partial charge in [-0.15, -0.1) is 0 Å². The maximum atomic E-state index is 8.72. The summed E-state index contributed by atoms with van der Waals surface area (Å²) in [5.74, 6) is 0.820. The molecule has 1 aromatic carbocycles. The average molecular weight is 188 g/mol. The van der Waals surface area contributed by atoms with Crippen molar-refractivity contribution in [1.29, 1.82) is 5.26 Å². The molecule has 0 fully saturated rings. The molecule has 1 aliphatic heterocycles. The Morgan fingerprint density at radius 1 is 1.50 bits per heavy atom. The molecule has 0 unspecified atom stereocenters. The Morgan fingerprint density at radius 2 is 2.29 bits per heavy atom. The fourth-order valence-electron chi connectivity index (χ4n) is 1.47. The summed E-state index contributed by atoms with van der Waals surface area (Å²) in [4.78, 5) is 0. The molecule has 1 aromatic rings. The minimum absolute atomic E-state index is 0.179. The monoisotopic (exact) mass is 188 g/mol. The highest BCUT2D eigenvalue weighted by atomic mass is 16.5. The molecule has 3 heteroatoms. The molecule has 2 rings (SSSR count). The van der Waals surface area contributed by atoms with Gasteiger partial charge in [0.1, 0.15) is 11.4 Å². The molecule has 0 saturated carbocycles. The van der Waals surface area contributed by atoms with Gasteiger partial charge in [0.2, 0.25) is 0 Å². The molecule has 0 atom stereocenters. The number of nitrogens with zero attached hydrogens (tertiary/aromatic N) is 1. The molecule has 1 heterocycles. The first-order valence-electron chi connectivity index (χ1n) is 4.58. The summed E-state index contributed by atoms with van der Waals surface area (Å²) >= 11 is 0. The first-order chi connectivity index (χ1) is 6.61. The highest BCUT2D eigenvalue weighted by Crippen LogP contribution is 2.33. The number of nitriles is 1. The predicted molar refractivity (Wildman–Crippen MR) is 54.4 cm³/mol. The van der Waals surface area contributed by atoms with Crippen molar-refractivity contribution in [3.63, 3.8) is 0 Å². The number of rotatable bonds is 0. The van der Waals surface area contributed by atoms with Gasteiger partial charge in [-0.3, -0.25) is 0 Å². The lowest BCUT2D eigenvalue weighted by molar-refractivity contribution is 0.116. The van der Waals surface area contributed by atoms with Crippen molar-refractivity contribution in [3.8, 4) is 11.8 Å². The van der Waals surface area contributed by atoms with Crippen molar-refractivity contribution >= 4 is 5.69 Å². The Bertz CT molecular complexity index is 404. The summed E-state index contributed by atoms with van der Waals surface area (Å²) in [6.45, 7) is 4.82. The lowest BCUT2D eigenvalue weighted by atomic mass is 10.1. The smallest absolute Gasteiger partial charge is 0.143 e. The zero-order valence-corrected chi connectivity index (χ0v) is 8.29. The number of hydrogen-bond acceptors (Lipinski definition) is 3. The van der Waals surface area contributed by atoms with Crippen molar-refractivity contribution in [1.82, 2.24) is 0 Å². The molecule has 0 aliphatic carbocycles. The topological polar surface area (TPSA) is 45.0 Å². The van der Waals surface area contributed by atoms with Gasteiger partial charge in [0.15, 0.2) is 0 Å². The molecule has 0 spiro atoms. The van der Waals surface area contributed by atoms with E-state index in [-0.39, 0.29) is 5.60 Å². The Morgan fingerprint density at radius 3 is 3.00 bits per heavy atom. The van der Waals surface area contributed by atoms with E-state index in [4.69, 9.17) is 10.00 Å². The normalized spacial score (nSPS) is 17.2. The summed E-state index contributed by atoms with van der Waals surface area (Å²) < 4.78 is 5.75. The van der Waals surface area contributed by atoms with E-state index in [1.807, 2.05) is 26.0 Å². The molecule has 0 saturated heterocycles. The Balaban J connectivity index is 2.38. The van der Waals surface area contributed by atoms with Crippen LogP contribution in [-0.4, -0.2) is 12.1 Å². The van der Waals surface area contributed by atoms with E-state index in [1.54, 1.807) is 6.07 Å². The number of nitrogens with one attached hydrogen (secondary N) is 1. The van der Waals surface area contributed by atoms with E-state index in [0.29, 0.717) is 5.56 Å². The quantitative estimate of drug-likeness (QED) is 0.678. The molecule has 1 aliphatic rings. The van der Waals surface area contributed by atoms with E-state index in [2.05, 4.69) is 11.4 Å². The largest absolute Gasteiger partial charge is 0.484 e. The number of anilines is 1. The fourth-order valence-corrected chi connectivity index (χ4v) is 1.47. The molecular weight excluding hydrogens is 176 g/mol. The Labute approximate surface area is 83.3 Å². The summed E-state index contributed by atoms with van der Waals surface area (Å²) in [7, 11) is 0. The van der Waals surface area contributed by atoms with E-state index in [1.165, 1.54) is 0 Å². The molecule has 3 nitrogen and oxygen atoms in total. The molecule has 72 valence electrons. The van der Waals surface area contributed by atoms with Crippen LogP contribution in [0, 0.1) is 11.3 Å². The van der Waals surface area contributed by atoms with Crippen LogP contribution in [0.2, 0.25) is 0 Å². The summed E-state index contributed by atoms with van der Waals surface area (Å²) in [5.41, 5.74) is 1.38. The predicted octanol–water partition coefficient (Wildman–Crippen LogP) is 2.14. The van der Waals surface area contributed by atoms with Gasteiger partial charge in [-0.2, -0.15) is 5.26 Å². The van der Waals surface area contributed by atoms with Crippen LogP contribution in [-0.2, 0) is 0 Å². The molecule has 0 amide bonds. The lowest BCUT2D eigenvalue weighted by Crippen LogP contribution is -2.39. The summed E-state index contributed by atoms with van der Waals surface area (Å²) in [6.07, 6.45) is 0. The van der Waals surface area contributed by atoms with Gasteiger partial charge in [-0.1, -0.05) is 0 Å². The first-order valence-corrected chi connectivity index (χ1v) is 4.58. The highest BCUT2D eigenvalue weighted by molar-refractivity contribution is 5.61. The number of fused-ring (bicyclic) bond motifs is 1. The maximum Gasteiger partial charge on any atom is 0.143 e. The fraction of sp³-hybridized carbons (Fsp3) is 0.364. The van der Waals surface area contributed by atoms with Crippen LogP contribution in [0.15, 0.2) is 18.2 Å². The summed E-state index contributed by atoms with van der Waals surface area (Å²) in [6, 6.07) is 7.51. The van der Waals surface area contributed by atoms with Gasteiger partial charge < -0.3 is 10.1 Å². The molecule has 14 heavy (non-hydrogen) atoms. The van der Waals surface area contributed by atoms with Crippen molar-refractivity contribution in [2.75, 3.05) is 11.9 Å². The molecule has 0 bridgehead atoms. The van der Waals surface area contributed by atoms with E-state index >= 15 is 0 Å². The van der Waals surface area contributed by atoms with Crippen LogP contribution in [0.1, 0.15) is 19.4 Å². The van der Waals surface area contributed by atoms with Crippen molar-refractivity contribution in [2.45, 2.75) is 19.4 Å². The second-order valence-corrected chi connectivity index (χ2v) is 4.04. The molecule has 0 aromatic heterocycles. The molecular formula is C11H12N2O. The van der Waals surface area contributed by atoms with Crippen LogP contribution < -0.4 is 10.1 Å². The van der Waals surface area contributed by atoms with E-state index < -0.39 is 0 Å². The van der Waals surface area contributed by atoms with Crippen LogP contribution >= 0.6 is 0 Å². The van der Waals surface area contributed by atoms with Gasteiger partial charge in [-0.25, -0.2) is 0 Å². The van der Waals surface area contributed by atoms with Gasteiger partial charge in [-0.05, 0) is 32.0 Å². The second kappa shape index (κ2) is 2.91. The number of hydrogen-bond donors (Lipinski definition) is 1. The van der Waals surface area contributed by atoms with Gasteiger partial charge >= 0.3 is 0 Å². The number of benzene rings is 1. The highest BCUT2D eigenvalue weighted by Gasteiger charge is 2.25. The standard InChI is InChI=1S/C11H12N2O/c1-11(2)7-13-9-5-8(6-12)3-4-10(9)14-11/h3-5,13H,7H2,1-2H3. The van der Waals surface area contributed by atoms with Gasteiger partial charge in [0, 0.05) is 0 Å². The minimum Gasteiger partial charge on any atom is -0.484 e. The number of ether oxygens (including phenoxy) is 1. The van der Waals surface area contributed by atoms with E-state index in [0.717, 1.165) is 18.0 Å². The summed E-state index contributed by atoms with van der Waals surface area (Å²) in [5, 5.41) is 12.0. The SMILES string of the molecule is CC1(C)CNc2cc(C#N)ccc2O1. The van der Waals surface area contributed by atoms with Crippen molar-refractivity contribution < 1.29 is 4.74 Å². The minimum atomic E-state index is -0.179. The third-order valence-corrected chi connectivity index (χ3v) is 2.20. The third kappa shape index (κ3) is 1.51. The zero-order valence-electron chi connectivity index (χ0n) is 8.29. The first kappa shape index (κ1) is 8.89. The Hall–Kier alpha value is -1.69. The third-order valence-electron chi connectivity index (χ3n) is 2.20. The van der Waals surface area contributed by atoms with Crippen LogP contribution in [0.4, 0.5) is 5.69 Å². The molecule has 1 N–H and O–H groups in total. The molecule has 0 radical (unpaired) electrons. The van der Waals surface area contributed by atoms with Crippen molar-refractivity contribution in [3.05, 3.63) is 23.8 Å². The zero-order chi connectivity index (χ0) is 10.2. The van der Waals surface area contributed by atoms with Crippen LogP contribution in [0.5, 0.6) is 5.75 Å². The van der Waals surface area contributed by atoms with Crippen LogP contribution in [0.25, 0.3) is 0 Å². The second-order valence-electron chi connectivity index (χ2n) is 4.04. The van der Waals surface area contributed by atoms with Crippen LogP contribution in [0.3, 0.4) is 0 Å². The average Bonchev–Trinajstić information content (AvgIpc) is 2.16. The maximum absolute atomic E-state index is 8.72. The van der Waals surface area contributed by atoms with E-state index in [9.17, 15) is 0 Å². The Kier molecular flexibility index (Phi) is 1.85. The van der Waals surface area contributed by atoms with Crippen molar-refractivity contribution in [2.24, 2.45) is 0 Å². The van der Waals surface area contributed by atoms with Gasteiger partial charge in [0.25, 0.3) is 0 Å². The van der Waals surface area contributed by atoms with Gasteiger partial charge in [0.05, 0.1) is 23.9 Å². The lowest BCUT2D eigenvalue weighted by Gasteiger charge is -2.33.